The molecule has 0 fully saturated rings. The summed E-state index contributed by atoms with van der Waals surface area (Å²) in [6.07, 6.45) is 35.8. The number of rotatable bonds is 1. The summed E-state index contributed by atoms with van der Waals surface area (Å²) < 4.78 is 0. The molecule has 170 valence electrons. The summed E-state index contributed by atoms with van der Waals surface area (Å²) in [7, 11) is 0. The van der Waals surface area contributed by atoms with Crippen molar-refractivity contribution >= 4 is 12.5 Å². The lowest BCUT2D eigenvalue weighted by molar-refractivity contribution is -0.111. The van der Waals surface area contributed by atoms with E-state index in [-0.39, 0.29) is 17.3 Å². The van der Waals surface area contributed by atoms with Crippen LogP contribution in [0.5, 0.6) is 0 Å². The Morgan fingerprint density at radius 2 is 1.55 bits per heavy atom. The number of carbonyl (C=O) groups is 1. The third-order valence-electron chi connectivity index (χ3n) is 7.03. The molecule has 0 aromatic rings. The van der Waals surface area contributed by atoms with Gasteiger partial charge in [0.05, 0.1) is 0 Å². The summed E-state index contributed by atoms with van der Waals surface area (Å²) in [6, 6.07) is 0. The van der Waals surface area contributed by atoms with Crippen molar-refractivity contribution in [1.29, 1.82) is 0 Å². The van der Waals surface area contributed by atoms with E-state index in [9.17, 15) is 4.79 Å². The molecule has 0 aromatic heterocycles. The Kier molecular flexibility index (Phi) is 10.3. The lowest BCUT2D eigenvalue weighted by atomic mass is 9.65. The van der Waals surface area contributed by atoms with Gasteiger partial charge in [0.1, 0.15) is 6.29 Å². The summed E-state index contributed by atoms with van der Waals surface area (Å²) in [5.41, 5.74) is -0.0819. The van der Waals surface area contributed by atoms with Gasteiger partial charge in [-0.15, -0.1) is 0 Å². The van der Waals surface area contributed by atoms with Crippen LogP contribution in [-0.2, 0) is 4.79 Å². The van der Waals surface area contributed by atoms with Crippen LogP contribution in [0.25, 0.3) is 0 Å². The first kappa shape index (κ1) is 23.8. The smallest absolute Gasteiger partial charge is 0.127 e. The molecule has 0 N–H and O–H groups in total. The van der Waals surface area contributed by atoms with Crippen molar-refractivity contribution in [1.82, 2.24) is 4.90 Å². The second-order valence-electron chi connectivity index (χ2n) is 9.51. The molecular formula is C28H42N2O. The van der Waals surface area contributed by atoms with Crippen LogP contribution in [0.3, 0.4) is 0 Å². The number of hydrogen-bond donors (Lipinski definition) is 0. The van der Waals surface area contributed by atoms with Gasteiger partial charge >= 0.3 is 0 Å². The lowest BCUT2D eigenvalue weighted by Gasteiger charge is -2.45. The molecule has 3 atom stereocenters. The Morgan fingerprint density at radius 1 is 0.806 bits per heavy atom. The fourth-order valence-electron chi connectivity index (χ4n) is 5.21. The van der Waals surface area contributed by atoms with Gasteiger partial charge in [0.15, 0.2) is 0 Å². The molecule has 4 aliphatic heterocycles. The number of carbonyl (C=O) groups excluding carboxylic acids is 1. The summed E-state index contributed by atoms with van der Waals surface area (Å²) in [5.74, 6) is 0.0964. The van der Waals surface area contributed by atoms with Crippen molar-refractivity contribution in [3.8, 4) is 0 Å². The van der Waals surface area contributed by atoms with E-state index in [2.05, 4.69) is 59.8 Å². The Labute approximate surface area is 190 Å². The van der Waals surface area contributed by atoms with Crippen molar-refractivity contribution in [2.45, 2.75) is 77.0 Å². The summed E-state index contributed by atoms with van der Waals surface area (Å²) in [6.45, 7) is 2.97. The van der Waals surface area contributed by atoms with Crippen LogP contribution in [-0.4, -0.2) is 37.0 Å². The van der Waals surface area contributed by atoms with E-state index >= 15 is 0 Å². The molecule has 4 aliphatic rings. The molecule has 0 radical (unpaired) electrons. The topological polar surface area (TPSA) is 32.7 Å². The van der Waals surface area contributed by atoms with Crippen LogP contribution >= 0.6 is 0 Å². The number of allylic oxidation sites excluding steroid dienone is 7. The molecular weight excluding hydrogens is 380 g/mol. The Hall–Kier alpha value is -1.90. The summed E-state index contributed by atoms with van der Waals surface area (Å²) in [5, 5.41) is 0. The molecule has 0 saturated carbocycles. The average molecular weight is 423 g/mol. The van der Waals surface area contributed by atoms with Gasteiger partial charge in [0.2, 0.25) is 0 Å². The van der Waals surface area contributed by atoms with E-state index in [1.165, 1.54) is 51.2 Å². The van der Waals surface area contributed by atoms with E-state index < -0.39 is 0 Å². The van der Waals surface area contributed by atoms with Gasteiger partial charge in [-0.25, -0.2) is 0 Å². The zero-order valence-corrected chi connectivity index (χ0v) is 19.3. The summed E-state index contributed by atoms with van der Waals surface area (Å²) in [4.78, 5) is 19.7. The van der Waals surface area contributed by atoms with Crippen LogP contribution < -0.4 is 0 Å². The van der Waals surface area contributed by atoms with Crippen molar-refractivity contribution in [2.24, 2.45) is 22.2 Å². The normalized spacial score (nSPS) is 34.5. The second-order valence-corrected chi connectivity index (χ2v) is 9.51. The van der Waals surface area contributed by atoms with Gasteiger partial charge in [-0.2, -0.15) is 0 Å². The van der Waals surface area contributed by atoms with E-state index in [0.29, 0.717) is 0 Å². The average Bonchev–Trinajstić information content (AvgIpc) is 2.79. The number of nitrogens with zero attached hydrogens (tertiary/aromatic N) is 2. The molecule has 0 amide bonds. The van der Waals surface area contributed by atoms with Crippen molar-refractivity contribution < 1.29 is 4.79 Å². The van der Waals surface area contributed by atoms with Crippen molar-refractivity contribution in [2.75, 3.05) is 19.6 Å². The first-order chi connectivity index (χ1) is 15.3. The number of aliphatic imine (C=N–C) groups is 1. The molecule has 2 bridgehead atoms. The van der Waals surface area contributed by atoms with Gasteiger partial charge in [-0.05, 0) is 70.4 Å². The molecule has 0 aliphatic carbocycles. The van der Waals surface area contributed by atoms with Crippen LogP contribution in [0.1, 0.15) is 77.0 Å². The second kappa shape index (κ2) is 13.5. The van der Waals surface area contributed by atoms with Crippen molar-refractivity contribution in [3.63, 3.8) is 0 Å². The standard InChI is InChI=1S/C28H42N2O/c31-23-26-17-13-9-5-1-4-8-12-16-21-30-22-18-27(26)28(25-30)19-14-10-6-2-3-7-11-15-20-29-24-28/h1,4,6,10,13,17-18,22-24,26-27H,2-3,5,7-9,11-12,14-16,19-21,25H2/b4-1-,10-6+,17-13-,29-24?/t26?,27-,28-/m0/s1. The van der Waals surface area contributed by atoms with E-state index in [0.717, 1.165) is 51.7 Å². The van der Waals surface area contributed by atoms with E-state index in [4.69, 9.17) is 4.99 Å². The third-order valence-corrected chi connectivity index (χ3v) is 7.03. The SMILES string of the molecule is O=CC1/C=C\CC/C=C\CCCCN2C=C[C@@H]1[C@@]1(C=NCCCCCC/C=C/CC1)C2. The predicted octanol–water partition coefficient (Wildman–Crippen LogP) is 6.68. The Bertz CT molecular complexity index is 674. The van der Waals surface area contributed by atoms with Crippen LogP contribution in [0, 0.1) is 17.3 Å². The largest absolute Gasteiger partial charge is 0.377 e. The fraction of sp³-hybridized carbons (Fsp3) is 0.643. The minimum Gasteiger partial charge on any atom is -0.377 e. The van der Waals surface area contributed by atoms with Gasteiger partial charge < -0.3 is 9.69 Å². The highest BCUT2D eigenvalue weighted by Crippen LogP contribution is 2.41. The van der Waals surface area contributed by atoms with Gasteiger partial charge in [0.25, 0.3) is 0 Å². The number of hydrogen-bond acceptors (Lipinski definition) is 3. The minimum absolute atomic E-state index is 0.0819. The molecule has 3 heteroatoms. The molecule has 0 saturated heterocycles. The summed E-state index contributed by atoms with van der Waals surface area (Å²) >= 11 is 0. The number of fused-ring (bicyclic) bond motifs is 8. The molecule has 4 rings (SSSR count). The maximum atomic E-state index is 12.2. The fourth-order valence-corrected chi connectivity index (χ4v) is 5.21. The highest BCUT2D eigenvalue weighted by molar-refractivity contribution is 5.70. The third kappa shape index (κ3) is 7.63. The lowest BCUT2D eigenvalue weighted by Crippen LogP contribution is -2.47. The number of aldehydes is 1. The van der Waals surface area contributed by atoms with Crippen LogP contribution in [0.4, 0.5) is 0 Å². The highest BCUT2D eigenvalue weighted by atomic mass is 16.1. The maximum absolute atomic E-state index is 12.2. The molecule has 31 heavy (non-hydrogen) atoms. The minimum atomic E-state index is -0.0846. The highest BCUT2D eigenvalue weighted by Gasteiger charge is 2.42. The molecule has 4 heterocycles. The maximum Gasteiger partial charge on any atom is 0.127 e. The van der Waals surface area contributed by atoms with Crippen LogP contribution in [0.2, 0.25) is 0 Å². The zero-order valence-electron chi connectivity index (χ0n) is 19.3. The molecule has 1 unspecified atom stereocenters. The first-order valence-electron chi connectivity index (χ1n) is 12.7. The van der Waals surface area contributed by atoms with Gasteiger partial charge in [-0.3, -0.25) is 4.99 Å². The predicted molar refractivity (Wildman–Crippen MR) is 132 cm³/mol. The first-order valence-corrected chi connectivity index (χ1v) is 12.7. The molecule has 3 nitrogen and oxygen atoms in total. The van der Waals surface area contributed by atoms with Gasteiger partial charge in [-0.1, -0.05) is 55.4 Å². The quantitative estimate of drug-likeness (QED) is 0.349. The Balaban J connectivity index is 1.90. The monoisotopic (exact) mass is 422 g/mol. The zero-order chi connectivity index (χ0) is 21.6. The Morgan fingerprint density at radius 3 is 2.42 bits per heavy atom. The molecule has 0 aromatic carbocycles. The van der Waals surface area contributed by atoms with Crippen LogP contribution in [0.15, 0.2) is 53.7 Å². The van der Waals surface area contributed by atoms with Crippen molar-refractivity contribution in [3.05, 3.63) is 48.7 Å². The van der Waals surface area contributed by atoms with Gasteiger partial charge in [0, 0.05) is 43.1 Å². The van der Waals surface area contributed by atoms with E-state index in [1.54, 1.807) is 0 Å². The molecule has 1 spiro atoms. The van der Waals surface area contributed by atoms with E-state index in [1.807, 2.05) is 0 Å².